The van der Waals surface area contributed by atoms with E-state index in [-0.39, 0.29) is 29.9 Å². The van der Waals surface area contributed by atoms with Crippen molar-refractivity contribution in [2.24, 2.45) is 16.6 Å². The highest BCUT2D eigenvalue weighted by molar-refractivity contribution is 7.13. The second kappa shape index (κ2) is 15.2. The number of thiazole rings is 1. The summed E-state index contributed by atoms with van der Waals surface area (Å²) in [6.07, 6.45) is 8.22. The largest absolute Gasteiger partial charge is 0.450 e. The van der Waals surface area contributed by atoms with E-state index in [9.17, 15) is 28.0 Å². The van der Waals surface area contributed by atoms with Crippen molar-refractivity contribution >= 4 is 47.4 Å². The number of halogens is 2. The van der Waals surface area contributed by atoms with Gasteiger partial charge in [0.25, 0.3) is 5.91 Å². The number of aldehydes is 1. The van der Waals surface area contributed by atoms with E-state index in [0.717, 1.165) is 62.5 Å². The van der Waals surface area contributed by atoms with Crippen LogP contribution in [0.4, 0.5) is 8.78 Å². The molecule has 1 aliphatic carbocycles. The Kier molecular flexibility index (Phi) is 11.2. The van der Waals surface area contributed by atoms with Crippen LogP contribution in [0.3, 0.4) is 0 Å². The number of nitrogens with zero attached hydrogens (tertiary/aromatic N) is 5. The minimum absolute atomic E-state index is 0.00490. The van der Waals surface area contributed by atoms with Gasteiger partial charge in [-0.25, -0.2) is 23.8 Å². The van der Waals surface area contributed by atoms with Crippen molar-refractivity contribution in [3.05, 3.63) is 58.8 Å². The van der Waals surface area contributed by atoms with Gasteiger partial charge >= 0.3 is 11.9 Å². The van der Waals surface area contributed by atoms with Gasteiger partial charge in [-0.2, -0.15) is 9.49 Å². The number of amides is 1. The van der Waals surface area contributed by atoms with Gasteiger partial charge in [0.05, 0.1) is 29.6 Å². The van der Waals surface area contributed by atoms with Crippen LogP contribution in [0.25, 0.3) is 16.3 Å². The molecule has 3 N–H and O–H groups in total. The molecule has 3 aromatic heterocycles. The predicted molar refractivity (Wildman–Crippen MR) is 158 cm³/mol. The molecule has 0 aromatic carbocycles. The molecule has 3 heterocycles. The summed E-state index contributed by atoms with van der Waals surface area (Å²) in [4.78, 5) is 60.4. The van der Waals surface area contributed by atoms with Gasteiger partial charge < -0.3 is 25.3 Å². The second-order valence-electron chi connectivity index (χ2n) is 10.2. The summed E-state index contributed by atoms with van der Waals surface area (Å²) in [7, 11) is 0. The molecule has 238 valence electrons. The Morgan fingerprint density at radius 2 is 1.98 bits per heavy atom. The summed E-state index contributed by atoms with van der Waals surface area (Å²) in [5, 5.41) is 8.59. The summed E-state index contributed by atoms with van der Waals surface area (Å²) < 4.78 is 39.6. The molecular formula is C29H31F2N7O6S. The lowest BCUT2D eigenvalue weighted by molar-refractivity contribution is -0.173. The molecule has 2 atom stereocenters. The SMILES string of the molecule is CC(=O)OC(C(=O)OCn1cc(-c2nc(C(=O)N/C(C=NC3CCCCC3)=C(/N)c3nc(F)ccc3F)cs2)cn1)C(C)C=O. The lowest BCUT2D eigenvalue weighted by Crippen LogP contribution is -2.35. The molecule has 1 saturated carbocycles. The van der Waals surface area contributed by atoms with Gasteiger partial charge in [0, 0.05) is 30.3 Å². The molecule has 2 unspecified atom stereocenters. The number of allylic oxidation sites excluding steroid dienone is 1. The first-order valence-electron chi connectivity index (χ1n) is 14.0. The van der Waals surface area contributed by atoms with Crippen LogP contribution in [0.2, 0.25) is 0 Å². The van der Waals surface area contributed by atoms with Gasteiger partial charge in [-0.1, -0.05) is 26.2 Å². The number of carbonyl (C=O) groups is 4. The van der Waals surface area contributed by atoms with Gasteiger partial charge in [0.1, 0.15) is 22.7 Å². The van der Waals surface area contributed by atoms with E-state index in [2.05, 4.69) is 25.4 Å². The third-order valence-electron chi connectivity index (χ3n) is 6.77. The fourth-order valence-corrected chi connectivity index (χ4v) is 5.16. The molecule has 0 bridgehead atoms. The molecular weight excluding hydrogens is 612 g/mol. The Hall–Kier alpha value is -4.86. The van der Waals surface area contributed by atoms with Crippen molar-refractivity contribution in [2.45, 2.75) is 64.8 Å². The smallest absolute Gasteiger partial charge is 0.349 e. The number of nitrogens with one attached hydrogen (secondary N) is 1. The number of nitrogens with two attached hydrogens (primary N) is 1. The van der Waals surface area contributed by atoms with Crippen LogP contribution >= 0.6 is 11.3 Å². The van der Waals surface area contributed by atoms with E-state index in [0.29, 0.717) is 16.9 Å². The topological polar surface area (TPSA) is 181 Å². The Morgan fingerprint density at radius 1 is 1.22 bits per heavy atom. The Balaban J connectivity index is 1.48. The van der Waals surface area contributed by atoms with Gasteiger partial charge in [-0.3, -0.25) is 14.6 Å². The first-order chi connectivity index (χ1) is 21.5. The summed E-state index contributed by atoms with van der Waals surface area (Å²) in [5.41, 5.74) is 5.84. The zero-order valence-corrected chi connectivity index (χ0v) is 25.3. The van der Waals surface area contributed by atoms with E-state index in [1.54, 1.807) is 0 Å². The van der Waals surface area contributed by atoms with Gasteiger partial charge in [0.15, 0.2) is 12.5 Å². The van der Waals surface area contributed by atoms with E-state index in [4.69, 9.17) is 15.2 Å². The van der Waals surface area contributed by atoms with Crippen molar-refractivity contribution in [2.75, 3.05) is 0 Å². The first kappa shape index (κ1) is 33.0. The van der Waals surface area contributed by atoms with Crippen LogP contribution in [0.1, 0.15) is 62.1 Å². The van der Waals surface area contributed by atoms with Gasteiger partial charge in [0.2, 0.25) is 12.1 Å². The quantitative estimate of drug-likeness (QED) is 0.128. The van der Waals surface area contributed by atoms with Crippen LogP contribution in [-0.4, -0.2) is 62.2 Å². The molecule has 16 heteroatoms. The van der Waals surface area contributed by atoms with Crippen LogP contribution in [0.5, 0.6) is 0 Å². The second-order valence-corrected chi connectivity index (χ2v) is 11.1. The molecule has 4 rings (SSSR count). The van der Waals surface area contributed by atoms with Crippen LogP contribution in [0, 0.1) is 17.7 Å². The maximum Gasteiger partial charge on any atom is 0.349 e. The number of pyridine rings is 1. The monoisotopic (exact) mass is 643 g/mol. The zero-order valence-electron chi connectivity index (χ0n) is 24.4. The highest BCUT2D eigenvalue weighted by Gasteiger charge is 2.30. The number of aromatic nitrogens is 4. The van der Waals surface area contributed by atoms with Crippen molar-refractivity contribution in [3.63, 3.8) is 0 Å². The lowest BCUT2D eigenvalue weighted by atomic mass is 9.96. The zero-order chi connectivity index (χ0) is 32.5. The van der Waals surface area contributed by atoms with Crippen molar-refractivity contribution in [1.29, 1.82) is 0 Å². The summed E-state index contributed by atoms with van der Waals surface area (Å²) in [6, 6.07) is 1.75. The van der Waals surface area contributed by atoms with Crippen molar-refractivity contribution in [3.8, 4) is 10.6 Å². The number of hydrogen-bond acceptors (Lipinski definition) is 12. The summed E-state index contributed by atoms with van der Waals surface area (Å²) in [5.74, 6) is -5.06. The lowest BCUT2D eigenvalue weighted by Gasteiger charge is -2.18. The molecule has 1 fully saturated rings. The Labute approximate surface area is 260 Å². The highest BCUT2D eigenvalue weighted by atomic mass is 32.1. The van der Waals surface area contributed by atoms with Gasteiger partial charge in [-0.15, -0.1) is 11.3 Å². The first-order valence-corrected chi connectivity index (χ1v) is 14.9. The highest BCUT2D eigenvalue weighted by Crippen LogP contribution is 2.24. The number of ether oxygens (including phenoxy) is 2. The summed E-state index contributed by atoms with van der Waals surface area (Å²) >= 11 is 1.13. The van der Waals surface area contributed by atoms with Gasteiger partial charge in [-0.05, 0) is 25.0 Å². The molecule has 0 spiro atoms. The molecule has 1 amide bonds. The summed E-state index contributed by atoms with van der Waals surface area (Å²) in [6.45, 7) is 2.18. The number of hydrogen-bond donors (Lipinski definition) is 2. The van der Waals surface area contributed by atoms with E-state index in [1.807, 2.05) is 0 Å². The number of aliphatic imine (C=N–C) groups is 1. The minimum Gasteiger partial charge on any atom is -0.450 e. The normalized spacial score (nSPS) is 15.6. The van der Waals surface area contributed by atoms with Crippen LogP contribution in [0.15, 0.2) is 40.6 Å². The van der Waals surface area contributed by atoms with E-state index >= 15 is 0 Å². The fraction of sp³-hybridized carbons (Fsp3) is 0.379. The predicted octanol–water partition coefficient (Wildman–Crippen LogP) is 3.41. The molecule has 0 radical (unpaired) electrons. The average molecular weight is 644 g/mol. The van der Waals surface area contributed by atoms with E-state index < -0.39 is 47.3 Å². The van der Waals surface area contributed by atoms with Crippen molar-refractivity contribution < 1.29 is 37.4 Å². The number of rotatable bonds is 12. The fourth-order valence-electron chi connectivity index (χ4n) is 4.39. The van der Waals surface area contributed by atoms with Crippen molar-refractivity contribution in [1.82, 2.24) is 25.1 Å². The molecule has 3 aromatic rings. The standard InChI is InChI=1S/C29H31F2N7O6S/c1-16(13-39)26(44-17(2)40)29(42)43-15-38-12-18(10-34-38)28-36-22(14-45-28)27(41)35-21(11-33-19-6-4-3-5-7-19)24(32)25-20(30)8-9-23(31)37-25/h8-14,16,19,26H,3-7,15,32H2,1-2H3,(H,35,41)/b24-21+,33-11?. The molecule has 13 nitrogen and oxygen atoms in total. The maximum absolute atomic E-state index is 14.5. The van der Waals surface area contributed by atoms with Crippen LogP contribution < -0.4 is 11.1 Å². The number of esters is 2. The third kappa shape index (κ3) is 8.84. The maximum atomic E-state index is 14.5. The number of carbonyl (C=O) groups excluding carboxylic acids is 4. The molecule has 0 saturated heterocycles. The minimum atomic E-state index is -1.40. The Bertz CT molecular complexity index is 1620. The molecule has 0 aliphatic heterocycles. The average Bonchev–Trinajstić information content (AvgIpc) is 3.72. The Morgan fingerprint density at radius 3 is 2.69 bits per heavy atom. The molecule has 45 heavy (non-hydrogen) atoms. The third-order valence-corrected chi connectivity index (χ3v) is 7.66. The molecule has 1 aliphatic rings. The van der Waals surface area contributed by atoms with E-state index in [1.165, 1.54) is 35.6 Å². The van der Waals surface area contributed by atoms with Crippen LogP contribution in [-0.2, 0) is 30.6 Å².